The van der Waals surface area contributed by atoms with Crippen molar-refractivity contribution in [3.8, 4) is 0 Å². The van der Waals surface area contributed by atoms with Crippen LogP contribution >= 0.6 is 0 Å². The summed E-state index contributed by atoms with van der Waals surface area (Å²) in [6, 6.07) is 8.03. The maximum atomic E-state index is 12.6. The molecule has 0 radical (unpaired) electrons. The minimum absolute atomic E-state index is 0.0377. The lowest BCUT2D eigenvalue weighted by atomic mass is 10.1. The third-order valence-electron chi connectivity index (χ3n) is 6.43. The summed E-state index contributed by atoms with van der Waals surface area (Å²) in [6.07, 6.45) is 6.33. The van der Waals surface area contributed by atoms with Gasteiger partial charge in [-0.05, 0) is 50.3 Å². The largest absolute Gasteiger partial charge is 0.352 e. The van der Waals surface area contributed by atoms with Crippen molar-refractivity contribution in [2.75, 3.05) is 20.1 Å². The van der Waals surface area contributed by atoms with Crippen molar-refractivity contribution in [1.82, 2.24) is 20.9 Å². The zero-order valence-electron chi connectivity index (χ0n) is 19.1. The Kier molecular flexibility index (Phi) is 8.32. The Morgan fingerprint density at radius 3 is 2.52 bits per heavy atom. The molecule has 1 aliphatic heterocycles. The van der Waals surface area contributed by atoms with Crippen molar-refractivity contribution in [3.63, 3.8) is 0 Å². The first-order chi connectivity index (χ1) is 15.0. The van der Waals surface area contributed by atoms with Crippen molar-refractivity contribution < 1.29 is 9.59 Å². The third-order valence-corrected chi connectivity index (χ3v) is 6.43. The number of nitrogens with zero attached hydrogens (tertiary/aromatic N) is 2. The molecule has 3 rings (SSSR count). The predicted octanol–water partition coefficient (Wildman–Crippen LogP) is 2.67. The van der Waals surface area contributed by atoms with Gasteiger partial charge in [0.2, 0.25) is 5.91 Å². The van der Waals surface area contributed by atoms with Crippen molar-refractivity contribution in [2.24, 2.45) is 10.9 Å². The van der Waals surface area contributed by atoms with Gasteiger partial charge >= 0.3 is 0 Å². The summed E-state index contributed by atoms with van der Waals surface area (Å²) in [5.41, 5.74) is 1.75. The molecule has 1 aromatic carbocycles. The quantitative estimate of drug-likeness (QED) is 0.461. The number of rotatable bonds is 7. The number of guanidine groups is 1. The van der Waals surface area contributed by atoms with Crippen LogP contribution in [0.5, 0.6) is 0 Å². The molecule has 0 aromatic heterocycles. The lowest BCUT2D eigenvalue weighted by Gasteiger charge is -2.21. The van der Waals surface area contributed by atoms with Crippen LogP contribution in [0.2, 0.25) is 0 Å². The minimum Gasteiger partial charge on any atom is -0.352 e. The number of nitrogens with one attached hydrogen (secondary N) is 3. The predicted molar refractivity (Wildman–Crippen MR) is 124 cm³/mol. The van der Waals surface area contributed by atoms with Crippen LogP contribution in [-0.4, -0.2) is 54.9 Å². The monoisotopic (exact) mass is 427 g/mol. The van der Waals surface area contributed by atoms with E-state index in [4.69, 9.17) is 0 Å². The van der Waals surface area contributed by atoms with Crippen molar-refractivity contribution >= 4 is 17.8 Å². The molecule has 2 amide bonds. The molecule has 7 nitrogen and oxygen atoms in total. The third kappa shape index (κ3) is 6.45. The number of hydrogen-bond donors (Lipinski definition) is 3. The van der Waals surface area contributed by atoms with E-state index in [-0.39, 0.29) is 23.9 Å². The molecule has 2 fully saturated rings. The Labute approximate surface area is 186 Å². The second-order valence-electron chi connectivity index (χ2n) is 8.80. The van der Waals surface area contributed by atoms with Crippen LogP contribution in [-0.2, 0) is 11.3 Å². The summed E-state index contributed by atoms with van der Waals surface area (Å²) in [4.78, 5) is 31.2. The second-order valence-corrected chi connectivity index (χ2v) is 8.80. The maximum absolute atomic E-state index is 12.6. The van der Waals surface area contributed by atoms with E-state index >= 15 is 0 Å². The van der Waals surface area contributed by atoms with Gasteiger partial charge in [-0.2, -0.15) is 0 Å². The van der Waals surface area contributed by atoms with Gasteiger partial charge in [0.1, 0.15) is 0 Å². The topological polar surface area (TPSA) is 85.8 Å². The van der Waals surface area contributed by atoms with Crippen LogP contribution in [0.3, 0.4) is 0 Å². The molecule has 1 heterocycles. The number of likely N-dealkylation sites (tertiary alicyclic amines) is 1. The lowest BCUT2D eigenvalue weighted by molar-refractivity contribution is -0.134. The van der Waals surface area contributed by atoms with E-state index in [2.05, 4.69) is 27.9 Å². The molecule has 1 saturated carbocycles. The van der Waals surface area contributed by atoms with E-state index in [0.29, 0.717) is 18.0 Å². The van der Waals surface area contributed by atoms with Crippen LogP contribution in [0.1, 0.15) is 68.3 Å². The molecule has 1 aliphatic carbocycles. The number of hydrogen-bond acceptors (Lipinski definition) is 3. The summed E-state index contributed by atoms with van der Waals surface area (Å²) in [6.45, 7) is 6.24. The zero-order valence-corrected chi connectivity index (χ0v) is 19.1. The van der Waals surface area contributed by atoms with E-state index in [9.17, 15) is 9.59 Å². The molecular formula is C24H37N5O2. The van der Waals surface area contributed by atoms with Gasteiger partial charge in [0, 0.05) is 50.2 Å². The molecule has 7 heteroatoms. The normalized spacial score (nSPS) is 20.5. The molecular weight excluding hydrogens is 390 g/mol. The maximum Gasteiger partial charge on any atom is 0.251 e. The van der Waals surface area contributed by atoms with E-state index in [1.165, 1.54) is 12.8 Å². The highest BCUT2D eigenvalue weighted by molar-refractivity contribution is 5.94. The fourth-order valence-corrected chi connectivity index (χ4v) is 4.27. The number of amides is 2. The highest BCUT2D eigenvalue weighted by atomic mass is 16.2. The first-order valence-corrected chi connectivity index (χ1v) is 11.7. The van der Waals surface area contributed by atoms with Gasteiger partial charge in [0.25, 0.3) is 5.91 Å². The average Bonchev–Trinajstić information content (AvgIpc) is 3.48. The summed E-state index contributed by atoms with van der Waals surface area (Å²) < 4.78 is 0. The highest BCUT2D eigenvalue weighted by Gasteiger charge is 2.32. The van der Waals surface area contributed by atoms with Crippen molar-refractivity contribution in [2.45, 2.75) is 71.0 Å². The van der Waals surface area contributed by atoms with E-state index < -0.39 is 0 Å². The molecule has 1 aromatic rings. The summed E-state index contributed by atoms with van der Waals surface area (Å²) in [5.74, 6) is 1.27. The van der Waals surface area contributed by atoms with Crippen LogP contribution in [0.4, 0.5) is 0 Å². The summed E-state index contributed by atoms with van der Waals surface area (Å²) in [7, 11) is 1.76. The summed E-state index contributed by atoms with van der Waals surface area (Å²) in [5, 5.41) is 9.77. The summed E-state index contributed by atoms with van der Waals surface area (Å²) >= 11 is 0. The number of carbonyl (C=O) groups is 2. The highest BCUT2D eigenvalue weighted by Crippen LogP contribution is 2.27. The molecule has 31 heavy (non-hydrogen) atoms. The molecule has 3 N–H and O–H groups in total. The first kappa shape index (κ1) is 23.1. The van der Waals surface area contributed by atoms with E-state index in [1.807, 2.05) is 36.1 Å². The SMILES string of the molecule is CCC(C)NC(=O)c1ccc(CNC(=NC)NC2CCN(C(=O)C3CCCC3)C2)cc1. The van der Waals surface area contributed by atoms with Gasteiger partial charge < -0.3 is 20.9 Å². The molecule has 2 atom stereocenters. The Hall–Kier alpha value is -2.57. The smallest absolute Gasteiger partial charge is 0.251 e. The van der Waals surface area contributed by atoms with Gasteiger partial charge in [-0.25, -0.2) is 0 Å². The van der Waals surface area contributed by atoms with E-state index in [0.717, 1.165) is 50.3 Å². The van der Waals surface area contributed by atoms with E-state index in [1.54, 1.807) is 7.05 Å². The van der Waals surface area contributed by atoms with Gasteiger partial charge in [-0.15, -0.1) is 0 Å². The zero-order chi connectivity index (χ0) is 22.2. The molecule has 1 saturated heterocycles. The standard InChI is InChI=1S/C24H37N5O2/c1-4-17(2)27-22(30)19-11-9-18(10-12-19)15-26-24(25-3)28-21-13-14-29(16-21)23(31)20-7-5-6-8-20/h9-12,17,20-21H,4-8,13-16H2,1-3H3,(H,27,30)(H2,25,26,28). The molecule has 0 bridgehead atoms. The van der Waals surface area contributed by atoms with Crippen molar-refractivity contribution in [3.05, 3.63) is 35.4 Å². The fourth-order valence-electron chi connectivity index (χ4n) is 4.27. The molecule has 170 valence electrons. The van der Waals surface area contributed by atoms with Gasteiger partial charge in [0.15, 0.2) is 5.96 Å². The number of benzene rings is 1. The second kappa shape index (κ2) is 11.2. The first-order valence-electron chi connectivity index (χ1n) is 11.7. The number of aliphatic imine (C=N–C) groups is 1. The Morgan fingerprint density at radius 1 is 1.16 bits per heavy atom. The van der Waals surface area contributed by atoms with Crippen molar-refractivity contribution in [1.29, 1.82) is 0 Å². The van der Waals surface area contributed by atoms with Crippen LogP contribution in [0.15, 0.2) is 29.3 Å². The van der Waals surface area contributed by atoms with Gasteiger partial charge in [-0.1, -0.05) is 31.9 Å². The van der Waals surface area contributed by atoms with Gasteiger partial charge in [0.05, 0.1) is 0 Å². The number of carbonyl (C=O) groups excluding carboxylic acids is 2. The van der Waals surface area contributed by atoms with Gasteiger partial charge in [-0.3, -0.25) is 14.6 Å². The average molecular weight is 428 g/mol. The fraction of sp³-hybridized carbons (Fsp3) is 0.625. The van der Waals surface area contributed by atoms with Crippen LogP contribution in [0, 0.1) is 5.92 Å². The Morgan fingerprint density at radius 2 is 1.87 bits per heavy atom. The van der Waals surface area contributed by atoms with Crippen LogP contribution < -0.4 is 16.0 Å². The van der Waals surface area contributed by atoms with Crippen LogP contribution in [0.25, 0.3) is 0 Å². The molecule has 0 spiro atoms. The Balaban J connectivity index is 1.44. The molecule has 2 aliphatic rings. The Bertz CT molecular complexity index is 771. The molecule has 2 unspecified atom stereocenters. The minimum atomic E-state index is -0.0377. The lowest BCUT2D eigenvalue weighted by Crippen LogP contribution is -2.45.